The van der Waals surface area contributed by atoms with Gasteiger partial charge in [0.1, 0.15) is 16.9 Å². The zero-order valence-corrected chi connectivity index (χ0v) is 17.7. The maximum atomic E-state index is 13.2. The molecule has 29 heavy (non-hydrogen) atoms. The zero-order chi connectivity index (χ0) is 20.5. The molecule has 0 aliphatic carbocycles. The number of hydrogen-bond donors (Lipinski definition) is 2. The summed E-state index contributed by atoms with van der Waals surface area (Å²) >= 11 is 19.0. The van der Waals surface area contributed by atoms with Crippen LogP contribution in [0.4, 0.5) is 5.82 Å². The highest BCUT2D eigenvalue weighted by Crippen LogP contribution is 2.42. The van der Waals surface area contributed by atoms with Gasteiger partial charge in [-0.2, -0.15) is 5.10 Å². The molecule has 3 aromatic rings. The van der Waals surface area contributed by atoms with Gasteiger partial charge in [0.2, 0.25) is 0 Å². The highest BCUT2D eigenvalue weighted by atomic mass is 35.5. The number of nitrogens with one attached hydrogen (secondary N) is 2. The molecule has 1 aliphatic rings. The van der Waals surface area contributed by atoms with E-state index in [-0.39, 0.29) is 5.91 Å². The Balaban J connectivity index is 1.75. The van der Waals surface area contributed by atoms with Crippen molar-refractivity contribution in [3.05, 3.63) is 92.2 Å². The van der Waals surface area contributed by atoms with E-state index in [1.807, 2.05) is 43.3 Å². The first-order valence-corrected chi connectivity index (χ1v) is 10.1. The Morgan fingerprint density at radius 2 is 1.86 bits per heavy atom. The van der Waals surface area contributed by atoms with Crippen molar-refractivity contribution in [3.63, 3.8) is 0 Å². The van der Waals surface area contributed by atoms with Gasteiger partial charge >= 0.3 is 0 Å². The van der Waals surface area contributed by atoms with Crippen LogP contribution in [0.1, 0.15) is 24.1 Å². The quantitative estimate of drug-likeness (QED) is 0.559. The van der Waals surface area contributed by atoms with Crippen LogP contribution in [0.3, 0.4) is 0 Å². The maximum Gasteiger partial charge on any atom is 0.251 e. The molecule has 148 valence electrons. The molecule has 2 aromatic carbocycles. The van der Waals surface area contributed by atoms with Crippen molar-refractivity contribution in [1.82, 2.24) is 15.1 Å². The number of carbonyl (C=O) groups is 1. The van der Waals surface area contributed by atoms with Gasteiger partial charge in [0, 0.05) is 17.8 Å². The fraction of sp³-hybridized carbons (Fsp3) is 0.143. The lowest BCUT2D eigenvalue weighted by molar-refractivity contribution is -0.118. The first-order valence-electron chi connectivity index (χ1n) is 8.94. The molecule has 4 rings (SSSR count). The number of anilines is 1. The van der Waals surface area contributed by atoms with Crippen LogP contribution in [0.25, 0.3) is 0 Å². The Morgan fingerprint density at radius 1 is 1.10 bits per heavy atom. The van der Waals surface area contributed by atoms with E-state index in [1.54, 1.807) is 16.8 Å². The largest absolute Gasteiger partial charge is 0.348 e. The van der Waals surface area contributed by atoms with Crippen molar-refractivity contribution < 1.29 is 4.79 Å². The molecule has 2 N–H and O–H groups in total. The molecule has 8 heteroatoms. The number of carbonyl (C=O) groups excluding carboxylic acids is 1. The van der Waals surface area contributed by atoms with Crippen LogP contribution in [0.2, 0.25) is 15.1 Å². The number of allylic oxidation sites excluding steroid dienone is 1. The summed E-state index contributed by atoms with van der Waals surface area (Å²) in [6.07, 6.45) is 1.54. The number of fused-ring (bicyclic) bond motifs is 1. The molecule has 1 unspecified atom stereocenters. The van der Waals surface area contributed by atoms with Crippen molar-refractivity contribution >= 4 is 46.5 Å². The Hall–Kier alpha value is -2.47. The summed E-state index contributed by atoms with van der Waals surface area (Å²) in [5, 5.41) is 11.8. The Bertz CT molecular complexity index is 1110. The van der Waals surface area contributed by atoms with Gasteiger partial charge in [-0.25, -0.2) is 4.68 Å². The van der Waals surface area contributed by atoms with Gasteiger partial charge < -0.3 is 10.6 Å². The van der Waals surface area contributed by atoms with Gasteiger partial charge in [-0.1, -0.05) is 77.3 Å². The topological polar surface area (TPSA) is 59.0 Å². The fourth-order valence-corrected chi connectivity index (χ4v) is 4.00. The van der Waals surface area contributed by atoms with Crippen LogP contribution >= 0.6 is 34.8 Å². The number of halogens is 3. The summed E-state index contributed by atoms with van der Waals surface area (Å²) in [6.45, 7) is 2.23. The minimum atomic E-state index is -0.569. The third-order valence-corrected chi connectivity index (χ3v) is 5.91. The van der Waals surface area contributed by atoms with Gasteiger partial charge in [0.05, 0.1) is 21.8 Å². The van der Waals surface area contributed by atoms with E-state index in [0.29, 0.717) is 44.3 Å². The van der Waals surface area contributed by atoms with E-state index < -0.39 is 6.04 Å². The molecule has 1 aliphatic heterocycles. The van der Waals surface area contributed by atoms with Crippen molar-refractivity contribution in [2.45, 2.75) is 19.5 Å². The molecule has 1 amide bonds. The summed E-state index contributed by atoms with van der Waals surface area (Å²) in [5.41, 5.74) is 2.85. The SMILES string of the molecule is CC1=C(C(=O)NCc2ccccc2)C(c2cccc(Cl)c2Cl)n2ncc(Cl)c2N1. The molecule has 0 spiro atoms. The molecule has 1 atom stereocenters. The van der Waals surface area contributed by atoms with Crippen LogP contribution < -0.4 is 10.6 Å². The van der Waals surface area contributed by atoms with Crippen LogP contribution in [0.15, 0.2) is 66.0 Å². The molecule has 0 radical (unpaired) electrons. The average Bonchev–Trinajstić information content (AvgIpc) is 3.08. The molecule has 0 saturated heterocycles. The molecule has 0 bridgehead atoms. The second-order valence-electron chi connectivity index (χ2n) is 6.66. The van der Waals surface area contributed by atoms with Crippen molar-refractivity contribution in [2.24, 2.45) is 0 Å². The number of hydrogen-bond acceptors (Lipinski definition) is 3. The first-order chi connectivity index (χ1) is 14.0. The second kappa shape index (κ2) is 8.11. The number of benzene rings is 2. The third kappa shape index (κ3) is 3.73. The van der Waals surface area contributed by atoms with E-state index in [1.165, 1.54) is 6.20 Å². The van der Waals surface area contributed by atoms with E-state index in [0.717, 1.165) is 5.56 Å². The zero-order valence-electron chi connectivity index (χ0n) is 15.4. The van der Waals surface area contributed by atoms with Crippen molar-refractivity contribution in [2.75, 3.05) is 5.32 Å². The highest BCUT2D eigenvalue weighted by molar-refractivity contribution is 6.42. The van der Waals surface area contributed by atoms with Gasteiger partial charge in [0.25, 0.3) is 5.91 Å². The van der Waals surface area contributed by atoms with Gasteiger partial charge in [-0.05, 0) is 18.6 Å². The van der Waals surface area contributed by atoms with E-state index in [4.69, 9.17) is 34.8 Å². The minimum Gasteiger partial charge on any atom is -0.348 e. The monoisotopic (exact) mass is 446 g/mol. The van der Waals surface area contributed by atoms with E-state index >= 15 is 0 Å². The summed E-state index contributed by atoms with van der Waals surface area (Å²) in [5.74, 6) is 0.377. The summed E-state index contributed by atoms with van der Waals surface area (Å²) < 4.78 is 1.66. The number of rotatable bonds is 4. The van der Waals surface area contributed by atoms with Crippen LogP contribution in [0, 0.1) is 0 Å². The molecule has 0 fully saturated rings. The second-order valence-corrected chi connectivity index (χ2v) is 7.86. The molecular formula is C21H17Cl3N4O. The van der Waals surface area contributed by atoms with Crippen molar-refractivity contribution in [3.8, 4) is 0 Å². The lowest BCUT2D eigenvalue weighted by atomic mass is 9.94. The fourth-order valence-electron chi connectivity index (χ4n) is 3.41. The van der Waals surface area contributed by atoms with E-state index in [9.17, 15) is 4.79 Å². The highest BCUT2D eigenvalue weighted by Gasteiger charge is 2.35. The summed E-state index contributed by atoms with van der Waals surface area (Å²) in [4.78, 5) is 13.2. The lowest BCUT2D eigenvalue weighted by Crippen LogP contribution is -2.35. The van der Waals surface area contributed by atoms with Crippen LogP contribution in [-0.4, -0.2) is 15.7 Å². The van der Waals surface area contributed by atoms with Gasteiger partial charge in [-0.3, -0.25) is 4.79 Å². The molecular weight excluding hydrogens is 431 g/mol. The standard InChI is InChI=1S/C21H17Cl3N4O/c1-12-17(21(29)25-10-13-6-3-2-4-7-13)19(14-8-5-9-15(22)18(14)24)28-20(27-12)16(23)11-26-28/h2-9,11,19,27H,10H2,1H3,(H,25,29). The Morgan fingerprint density at radius 3 is 2.62 bits per heavy atom. The third-order valence-electron chi connectivity index (χ3n) is 4.80. The van der Waals surface area contributed by atoms with Crippen LogP contribution in [0.5, 0.6) is 0 Å². The number of amides is 1. The predicted molar refractivity (Wildman–Crippen MR) is 116 cm³/mol. The minimum absolute atomic E-state index is 0.225. The number of nitrogens with zero attached hydrogens (tertiary/aromatic N) is 2. The normalized spacial score (nSPS) is 15.7. The molecule has 0 saturated carbocycles. The average molecular weight is 448 g/mol. The predicted octanol–water partition coefficient (Wildman–Crippen LogP) is 5.45. The van der Waals surface area contributed by atoms with Crippen molar-refractivity contribution in [1.29, 1.82) is 0 Å². The lowest BCUT2D eigenvalue weighted by Gasteiger charge is -2.30. The summed E-state index contributed by atoms with van der Waals surface area (Å²) in [7, 11) is 0. The first kappa shape index (κ1) is 19.8. The summed E-state index contributed by atoms with van der Waals surface area (Å²) in [6, 6.07) is 14.5. The number of aromatic nitrogens is 2. The maximum absolute atomic E-state index is 13.2. The van der Waals surface area contributed by atoms with Crippen LogP contribution in [-0.2, 0) is 11.3 Å². The Kier molecular flexibility index (Phi) is 5.54. The molecule has 1 aromatic heterocycles. The van der Waals surface area contributed by atoms with Gasteiger partial charge in [-0.15, -0.1) is 0 Å². The molecule has 5 nitrogen and oxygen atoms in total. The smallest absolute Gasteiger partial charge is 0.251 e. The Labute approximate surface area is 183 Å². The van der Waals surface area contributed by atoms with E-state index in [2.05, 4.69) is 15.7 Å². The molecule has 2 heterocycles. The van der Waals surface area contributed by atoms with Gasteiger partial charge in [0.15, 0.2) is 0 Å².